The van der Waals surface area contributed by atoms with Crippen LogP contribution in [0.3, 0.4) is 0 Å². The highest BCUT2D eigenvalue weighted by Crippen LogP contribution is 2.54. The molecule has 2 fully saturated rings. The van der Waals surface area contributed by atoms with Gasteiger partial charge in [0.05, 0.1) is 5.60 Å². The molecular formula is C20H28O5. The summed E-state index contributed by atoms with van der Waals surface area (Å²) in [6.45, 7) is 8.98. The van der Waals surface area contributed by atoms with Gasteiger partial charge in [0.25, 0.3) is 0 Å². The molecule has 1 aliphatic heterocycles. The molecule has 0 aromatic carbocycles. The molecule has 25 heavy (non-hydrogen) atoms. The number of esters is 2. The van der Waals surface area contributed by atoms with Crippen molar-refractivity contribution in [3.63, 3.8) is 0 Å². The van der Waals surface area contributed by atoms with Crippen LogP contribution < -0.4 is 0 Å². The minimum Gasteiger partial charge on any atom is -0.458 e. The van der Waals surface area contributed by atoms with Gasteiger partial charge in [0.2, 0.25) is 5.60 Å². The molecule has 0 aromatic heterocycles. The first kappa shape index (κ1) is 18.2. The Morgan fingerprint density at radius 2 is 2.08 bits per heavy atom. The zero-order chi connectivity index (χ0) is 18.6. The third kappa shape index (κ3) is 2.73. The third-order valence-electron chi connectivity index (χ3n) is 6.58. The lowest BCUT2D eigenvalue weighted by Gasteiger charge is -2.34. The monoisotopic (exact) mass is 348 g/mol. The van der Waals surface area contributed by atoms with Crippen molar-refractivity contribution in [2.75, 3.05) is 0 Å². The summed E-state index contributed by atoms with van der Waals surface area (Å²) in [4.78, 5) is 25.0. The summed E-state index contributed by atoms with van der Waals surface area (Å²) in [5.74, 6) is -1.20. The van der Waals surface area contributed by atoms with Crippen molar-refractivity contribution < 1.29 is 24.2 Å². The van der Waals surface area contributed by atoms with Crippen molar-refractivity contribution in [1.29, 1.82) is 0 Å². The lowest BCUT2D eigenvalue weighted by molar-refractivity contribution is -0.171. The second kappa shape index (κ2) is 5.97. The van der Waals surface area contributed by atoms with Crippen molar-refractivity contribution in [3.8, 4) is 0 Å². The van der Waals surface area contributed by atoms with Gasteiger partial charge in [-0.2, -0.15) is 0 Å². The van der Waals surface area contributed by atoms with Crippen molar-refractivity contribution >= 4 is 11.9 Å². The normalized spacial score (nSPS) is 43.7. The summed E-state index contributed by atoms with van der Waals surface area (Å²) in [5, 5.41) is 11.0. The fraction of sp³-hybridized carbons (Fsp3) is 0.700. The van der Waals surface area contributed by atoms with Gasteiger partial charge in [-0.25, -0.2) is 9.59 Å². The van der Waals surface area contributed by atoms with Crippen LogP contribution in [0.25, 0.3) is 0 Å². The molecular weight excluding hydrogens is 320 g/mol. The maximum absolute atomic E-state index is 12.7. The summed E-state index contributed by atoms with van der Waals surface area (Å²) in [7, 11) is 0. The van der Waals surface area contributed by atoms with Gasteiger partial charge in [-0.05, 0) is 53.9 Å². The average Bonchev–Trinajstić information content (AvgIpc) is 3.00. The number of hydrogen-bond acceptors (Lipinski definition) is 5. The summed E-state index contributed by atoms with van der Waals surface area (Å²) < 4.78 is 11.4. The van der Waals surface area contributed by atoms with Gasteiger partial charge in [0.1, 0.15) is 6.10 Å². The van der Waals surface area contributed by atoms with E-state index in [0.29, 0.717) is 18.4 Å². The van der Waals surface area contributed by atoms with Crippen molar-refractivity contribution in [2.24, 2.45) is 17.8 Å². The largest absolute Gasteiger partial charge is 0.458 e. The molecule has 6 unspecified atom stereocenters. The summed E-state index contributed by atoms with van der Waals surface area (Å²) in [5.41, 5.74) is -0.511. The van der Waals surface area contributed by atoms with E-state index in [4.69, 9.17) is 9.47 Å². The highest BCUT2D eigenvalue weighted by molar-refractivity contribution is 5.92. The molecule has 3 rings (SSSR count). The molecule has 0 aromatic rings. The molecule has 1 saturated carbocycles. The smallest absolute Gasteiger partial charge is 0.351 e. The molecule has 1 N–H and O–H groups in total. The molecule has 6 atom stereocenters. The van der Waals surface area contributed by atoms with Crippen LogP contribution >= 0.6 is 0 Å². The molecule has 5 nitrogen and oxygen atoms in total. The van der Waals surface area contributed by atoms with Crippen molar-refractivity contribution in [1.82, 2.24) is 0 Å². The van der Waals surface area contributed by atoms with E-state index in [1.807, 2.05) is 13.8 Å². The third-order valence-corrected chi connectivity index (χ3v) is 6.58. The minimum atomic E-state index is -1.31. The number of aliphatic hydroxyl groups is 1. The molecule has 2 aliphatic carbocycles. The zero-order valence-corrected chi connectivity index (χ0v) is 15.7. The molecule has 1 heterocycles. The van der Waals surface area contributed by atoms with Gasteiger partial charge in [-0.15, -0.1) is 0 Å². The number of allylic oxidation sites excluding steroid dienone is 2. The zero-order valence-electron chi connectivity index (χ0n) is 15.7. The topological polar surface area (TPSA) is 72.8 Å². The van der Waals surface area contributed by atoms with E-state index in [1.165, 1.54) is 0 Å². The van der Waals surface area contributed by atoms with Gasteiger partial charge in [-0.1, -0.05) is 17.7 Å². The van der Waals surface area contributed by atoms with Crippen molar-refractivity contribution in [2.45, 2.75) is 71.2 Å². The van der Waals surface area contributed by atoms with Crippen molar-refractivity contribution in [3.05, 3.63) is 23.3 Å². The first-order chi connectivity index (χ1) is 11.6. The number of carbonyl (C=O) groups excluding carboxylic acids is 2. The average molecular weight is 348 g/mol. The van der Waals surface area contributed by atoms with Gasteiger partial charge in [0.15, 0.2) is 0 Å². The van der Waals surface area contributed by atoms with Crippen LogP contribution in [-0.2, 0) is 19.1 Å². The number of fused-ring (bicyclic) bond motifs is 3. The fourth-order valence-corrected chi connectivity index (χ4v) is 4.73. The molecule has 0 amide bonds. The van der Waals surface area contributed by atoms with Gasteiger partial charge >= 0.3 is 11.9 Å². The highest BCUT2D eigenvalue weighted by Gasteiger charge is 2.63. The first-order valence-electron chi connectivity index (χ1n) is 9.08. The van der Waals surface area contributed by atoms with E-state index in [9.17, 15) is 14.7 Å². The predicted octanol–water partition coefficient (Wildman–Crippen LogP) is 2.92. The molecule has 0 radical (unpaired) electrons. The lowest BCUT2D eigenvalue weighted by Crippen LogP contribution is -2.44. The molecule has 138 valence electrons. The Bertz CT molecular complexity index is 659. The Kier molecular flexibility index (Phi) is 4.34. The number of rotatable bonds is 2. The van der Waals surface area contributed by atoms with Crippen LogP contribution in [-0.4, -0.2) is 34.4 Å². The number of carbonyl (C=O) groups is 2. The number of ether oxygens (including phenoxy) is 2. The fourth-order valence-electron chi connectivity index (χ4n) is 4.73. The Labute approximate surface area is 149 Å². The highest BCUT2D eigenvalue weighted by atomic mass is 16.6. The molecule has 5 heteroatoms. The van der Waals surface area contributed by atoms with Crippen LogP contribution in [0.1, 0.15) is 53.9 Å². The first-order valence-corrected chi connectivity index (χ1v) is 9.08. The van der Waals surface area contributed by atoms with E-state index in [0.717, 1.165) is 12.0 Å². The second-order valence-corrected chi connectivity index (χ2v) is 8.16. The molecule has 1 saturated heterocycles. The van der Waals surface area contributed by atoms with Gasteiger partial charge < -0.3 is 14.6 Å². The molecule has 3 aliphatic rings. The Hall–Kier alpha value is -1.62. The molecule has 0 spiro atoms. The summed E-state index contributed by atoms with van der Waals surface area (Å²) in [6, 6.07) is 0. The quantitative estimate of drug-likeness (QED) is 0.472. The second-order valence-electron chi connectivity index (χ2n) is 8.16. The van der Waals surface area contributed by atoms with E-state index >= 15 is 0 Å². The van der Waals surface area contributed by atoms with Gasteiger partial charge in [0, 0.05) is 23.3 Å². The molecule has 0 bridgehead atoms. The van der Waals surface area contributed by atoms with Gasteiger partial charge in [-0.3, -0.25) is 0 Å². The lowest BCUT2D eigenvalue weighted by atomic mass is 9.75. The van der Waals surface area contributed by atoms with Crippen LogP contribution in [0.15, 0.2) is 23.3 Å². The SMILES string of the molecule is CC=C(C)C(=O)OC1(C)C(=O)OC2C3C(C)=CCC3C(C)(O)CCC21. The number of hydrogen-bond donors (Lipinski definition) is 1. The van der Waals surface area contributed by atoms with Crippen LogP contribution in [0.4, 0.5) is 0 Å². The van der Waals surface area contributed by atoms with E-state index in [1.54, 1.807) is 26.8 Å². The standard InChI is InChI=1S/C20H28O5/c1-6-11(2)17(21)25-20(5)14-9-10-19(4,23)13-8-7-12(3)15(13)16(14)24-18(20)22/h6-7,13-16,23H,8-10H2,1-5H3. The maximum Gasteiger partial charge on any atom is 0.351 e. The maximum atomic E-state index is 12.7. The summed E-state index contributed by atoms with van der Waals surface area (Å²) >= 11 is 0. The van der Waals surface area contributed by atoms with E-state index < -0.39 is 23.1 Å². The Morgan fingerprint density at radius 1 is 1.40 bits per heavy atom. The van der Waals surface area contributed by atoms with Crippen LogP contribution in [0, 0.1) is 17.8 Å². The Balaban J connectivity index is 1.96. The summed E-state index contributed by atoms with van der Waals surface area (Å²) in [6.07, 6.45) is 5.38. The van der Waals surface area contributed by atoms with E-state index in [-0.39, 0.29) is 23.9 Å². The van der Waals surface area contributed by atoms with E-state index in [2.05, 4.69) is 6.08 Å². The Morgan fingerprint density at radius 3 is 2.72 bits per heavy atom. The van der Waals surface area contributed by atoms with Crippen LogP contribution in [0.5, 0.6) is 0 Å². The predicted molar refractivity (Wildman–Crippen MR) is 92.5 cm³/mol. The minimum absolute atomic E-state index is 0.0187. The van der Waals surface area contributed by atoms with Crippen LogP contribution in [0.2, 0.25) is 0 Å².